The Balaban J connectivity index is 2.23. The van der Waals surface area contributed by atoms with E-state index in [2.05, 4.69) is 21.2 Å². The van der Waals surface area contributed by atoms with Crippen molar-refractivity contribution >= 4 is 21.9 Å². The molecule has 0 unspecified atom stereocenters. The zero-order valence-electron chi connectivity index (χ0n) is 9.67. The van der Waals surface area contributed by atoms with Gasteiger partial charge in [0.15, 0.2) is 4.67 Å². The fourth-order valence-corrected chi connectivity index (χ4v) is 1.45. The number of carbonyl (C=O) groups excluding carboxylic acids is 1. The fourth-order valence-electron chi connectivity index (χ4n) is 1.11. The molecule has 0 amide bonds. The normalized spacial score (nSPS) is 11.5. The summed E-state index contributed by atoms with van der Waals surface area (Å²) in [6.45, 7) is 6.21. The lowest BCUT2D eigenvalue weighted by Gasteiger charge is -2.19. The van der Waals surface area contributed by atoms with Gasteiger partial charge in [-0.2, -0.15) is 0 Å². The first kappa shape index (κ1) is 13.3. The van der Waals surface area contributed by atoms with Crippen molar-refractivity contribution in [3.63, 3.8) is 0 Å². The number of carbonyl (C=O) groups is 1. The Hall–Kier alpha value is -0.810. The Morgan fingerprint density at radius 2 is 2.19 bits per heavy atom. The molecule has 0 aromatic carbocycles. The van der Waals surface area contributed by atoms with Gasteiger partial charge in [0.25, 0.3) is 0 Å². The highest BCUT2D eigenvalue weighted by atomic mass is 79.9. The summed E-state index contributed by atoms with van der Waals surface area (Å²) in [7, 11) is 0. The van der Waals surface area contributed by atoms with E-state index in [1.807, 2.05) is 32.9 Å². The van der Waals surface area contributed by atoms with Crippen molar-refractivity contribution < 1.29 is 13.9 Å². The minimum atomic E-state index is -0.438. The maximum Gasteiger partial charge on any atom is 0.320 e. The van der Waals surface area contributed by atoms with Crippen LogP contribution in [-0.4, -0.2) is 18.1 Å². The molecule has 0 aliphatic rings. The highest BCUT2D eigenvalue weighted by Crippen LogP contribution is 2.13. The second kappa shape index (κ2) is 5.50. The molecule has 1 N–H and O–H groups in total. The maximum absolute atomic E-state index is 11.3. The Morgan fingerprint density at radius 1 is 1.50 bits per heavy atom. The standard InChI is InChI=1S/C11H16BrNO3/c1-11(2,3)16-10(14)7-13-6-8-4-5-9(12)15-8/h4-5,13H,6-7H2,1-3H3. The molecule has 0 aliphatic heterocycles. The number of nitrogens with one attached hydrogen (secondary N) is 1. The summed E-state index contributed by atoms with van der Waals surface area (Å²) in [5.41, 5.74) is -0.438. The molecule has 0 spiro atoms. The second-order valence-corrected chi connectivity index (χ2v) is 5.18. The maximum atomic E-state index is 11.3. The average Bonchev–Trinajstić information content (AvgIpc) is 2.48. The molecule has 5 heteroatoms. The summed E-state index contributed by atoms with van der Waals surface area (Å²) in [6, 6.07) is 3.65. The van der Waals surface area contributed by atoms with Crippen molar-refractivity contribution in [1.29, 1.82) is 0 Å². The summed E-state index contributed by atoms with van der Waals surface area (Å²) in [5.74, 6) is 0.508. The molecular formula is C11H16BrNO3. The van der Waals surface area contributed by atoms with E-state index >= 15 is 0 Å². The molecule has 0 aliphatic carbocycles. The predicted molar refractivity (Wildman–Crippen MR) is 64.0 cm³/mol. The lowest BCUT2D eigenvalue weighted by molar-refractivity contribution is -0.153. The van der Waals surface area contributed by atoms with Gasteiger partial charge in [-0.25, -0.2) is 0 Å². The number of furan rings is 1. The van der Waals surface area contributed by atoms with E-state index < -0.39 is 5.60 Å². The number of esters is 1. The van der Waals surface area contributed by atoms with Crippen molar-refractivity contribution in [2.24, 2.45) is 0 Å². The molecule has 1 rings (SSSR count). The van der Waals surface area contributed by atoms with Gasteiger partial charge in [0.05, 0.1) is 13.1 Å². The minimum Gasteiger partial charge on any atom is -0.459 e. The summed E-state index contributed by atoms with van der Waals surface area (Å²) in [6.07, 6.45) is 0. The molecule has 1 aromatic rings. The van der Waals surface area contributed by atoms with Crippen LogP contribution in [0.2, 0.25) is 0 Å². The summed E-state index contributed by atoms with van der Waals surface area (Å²) in [4.78, 5) is 11.3. The van der Waals surface area contributed by atoms with E-state index in [9.17, 15) is 4.79 Å². The van der Waals surface area contributed by atoms with E-state index in [4.69, 9.17) is 9.15 Å². The van der Waals surface area contributed by atoms with Crippen molar-refractivity contribution in [1.82, 2.24) is 5.32 Å². The van der Waals surface area contributed by atoms with Crippen LogP contribution in [-0.2, 0) is 16.1 Å². The quantitative estimate of drug-likeness (QED) is 0.865. The molecule has 0 saturated carbocycles. The third-order valence-corrected chi connectivity index (χ3v) is 2.04. The summed E-state index contributed by atoms with van der Waals surface area (Å²) >= 11 is 3.21. The highest BCUT2D eigenvalue weighted by Gasteiger charge is 2.15. The van der Waals surface area contributed by atoms with Crippen LogP contribution in [0.25, 0.3) is 0 Å². The van der Waals surface area contributed by atoms with Crippen molar-refractivity contribution in [3.05, 3.63) is 22.6 Å². The first-order valence-corrected chi connectivity index (χ1v) is 5.83. The van der Waals surface area contributed by atoms with Crippen LogP contribution in [0.15, 0.2) is 21.2 Å². The molecule has 90 valence electrons. The average molecular weight is 290 g/mol. The number of ether oxygens (including phenoxy) is 1. The fraction of sp³-hybridized carbons (Fsp3) is 0.545. The minimum absolute atomic E-state index is 0.176. The van der Waals surface area contributed by atoms with Gasteiger partial charge in [0.2, 0.25) is 0 Å². The Morgan fingerprint density at radius 3 is 2.69 bits per heavy atom. The van der Waals surface area contributed by atoms with Crippen molar-refractivity contribution in [2.45, 2.75) is 32.9 Å². The van der Waals surface area contributed by atoms with Gasteiger partial charge in [-0.3, -0.25) is 10.1 Å². The largest absolute Gasteiger partial charge is 0.459 e. The first-order valence-electron chi connectivity index (χ1n) is 5.03. The Kier molecular flexibility index (Phi) is 4.56. The van der Waals surface area contributed by atoms with Crippen LogP contribution in [0.4, 0.5) is 0 Å². The van der Waals surface area contributed by atoms with Gasteiger partial charge in [-0.15, -0.1) is 0 Å². The summed E-state index contributed by atoms with van der Waals surface area (Å²) < 4.78 is 11.1. The van der Waals surface area contributed by atoms with Crippen LogP contribution < -0.4 is 5.32 Å². The van der Waals surface area contributed by atoms with Crippen LogP contribution in [0, 0.1) is 0 Å². The lowest BCUT2D eigenvalue weighted by Crippen LogP contribution is -2.31. The molecule has 0 saturated heterocycles. The lowest BCUT2D eigenvalue weighted by atomic mass is 10.2. The molecule has 0 atom stereocenters. The zero-order valence-corrected chi connectivity index (χ0v) is 11.3. The smallest absolute Gasteiger partial charge is 0.320 e. The summed E-state index contributed by atoms with van der Waals surface area (Å²) in [5, 5.41) is 2.95. The Labute approximate surface area is 103 Å². The van der Waals surface area contributed by atoms with E-state index in [0.717, 1.165) is 5.76 Å². The van der Waals surface area contributed by atoms with Gasteiger partial charge >= 0.3 is 5.97 Å². The highest BCUT2D eigenvalue weighted by molar-refractivity contribution is 9.10. The SMILES string of the molecule is CC(C)(C)OC(=O)CNCc1ccc(Br)o1. The van der Waals surface area contributed by atoms with Gasteiger partial charge in [0.1, 0.15) is 11.4 Å². The molecule has 4 nitrogen and oxygen atoms in total. The zero-order chi connectivity index (χ0) is 12.2. The monoisotopic (exact) mass is 289 g/mol. The second-order valence-electron chi connectivity index (χ2n) is 4.40. The number of rotatable bonds is 4. The number of hydrogen-bond donors (Lipinski definition) is 1. The topological polar surface area (TPSA) is 51.5 Å². The van der Waals surface area contributed by atoms with Gasteiger partial charge in [0, 0.05) is 0 Å². The van der Waals surface area contributed by atoms with E-state index in [1.165, 1.54) is 0 Å². The number of hydrogen-bond acceptors (Lipinski definition) is 4. The third-order valence-electron chi connectivity index (χ3n) is 1.62. The van der Waals surface area contributed by atoms with Gasteiger partial charge in [-0.1, -0.05) is 0 Å². The van der Waals surface area contributed by atoms with Crippen LogP contribution >= 0.6 is 15.9 Å². The third kappa shape index (κ3) is 5.32. The van der Waals surface area contributed by atoms with Crippen molar-refractivity contribution in [2.75, 3.05) is 6.54 Å². The van der Waals surface area contributed by atoms with Gasteiger partial charge in [-0.05, 0) is 48.8 Å². The molecular weight excluding hydrogens is 274 g/mol. The van der Waals surface area contributed by atoms with E-state index in [0.29, 0.717) is 11.2 Å². The molecule has 0 radical (unpaired) electrons. The van der Waals surface area contributed by atoms with Crippen LogP contribution in [0.5, 0.6) is 0 Å². The van der Waals surface area contributed by atoms with Crippen LogP contribution in [0.1, 0.15) is 26.5 Å². The molecule has 16 heavy (non-hydrogen) atoms. The molecule has 1 heterocycles. The van der Waals surface area contributed by atoms with Crippen LogP contribution in [0.3, 0.4) is 0 Å². The Bertz CT molecular complexity index is 354. The van der Waals surface area contributed by atoms with E-state index in [1.54, 1.807) is 0 Å². The van der Waals surface area contributed by atoms with E-state index in [-0.39, 0.29) is 12.5 Å². The van der Waals surface area contributed by atoms with Gasteiger partial charge < -0.3 is 9.15 Å². The number of halogens is 1. The van der Waals surface area contributed by atoms with Crippen molar-refractivity contribution in [3.8, 4) is 0 Å². The first-order chi connectivity index (χ1) is 7.37. The molecule has 0 bridgehead atoms. The molecule has 1 aromatic heterocycles. The molecule has 0 fully saturated rings. The predicted octanol–water partition coefficient (Wildman–Crippen LogP) is 2.47.